The van der Waals surface area contributed by atoms with Crippen molar-refractivity contribution in [2.24, 2.45) is 0 Å². The Balaban J connectivity index is 2.68. The largest absolute Gasteiger partial charge is 0.768 e. The molecule has 0 amide bonds. The molecule has 0 saturated carbocycles. The molecule has 13 heavy (non-hydrogen) atoms. The van der Waals surface area contributed by atoms with Gasteiger partial charge in [0, 0.05) is 4.90 Å². The van der Waals surface area contributed by atoms with E-state index >= 15 is 0 Å². The van der Waals surface area contributed by atoms with Gasteiger partial charge in [0.05, 0.1) is 0 Å². The zero-order chi connectivity index (χ0) is 9.26. The Kier molecular flexibility index (Phi) is 2.12. The summed E-state index contributed by atoms with van der Waals surface area (Å²) in [6, 6.07) is 12.7. The molecule has 0 bridgehead atoms. The molecule has 0 spiro atoms. The molecule has 0 aromatic carbocycles. The molecule has 0 N–H and O–H groups in total. The molecular formula is C10H7O2S-. The second kappa shape index (κ2) is 3.28. The van der Waals surface area contributed by atoms with Crippen molar-refractivity contribution in [2.75, 3.05) is 0 Å². The molecule has 0 aliphatic heterocycles. The molecule has 2 aliphatic carbocycles. The van der Waals surface area contributed by atoms with E-state index in [1.54, 1.807) is 18.2 Å². The molecule has 2 aliphatic rings. The minimum Gasteiger partial charge on any atom is -0.768 e. The molecule has 0 fully saturated rings. The zero-order valence-corrected chi connectivity index (χ0v) is 7.58. The summed E-state index contributed by atoms with van der Waals surface area (Å²) < 4.78 is 21.6. The highest BCUT2D eigenvalue weighted by atomic mass is 32.2. The van der Waals surface area contributed by atoms with Crippen LogP contribution in [0.1, 0.15) is 0 Å². The Hall–Kier alpha value is -1.19. The van der Waals surface area contributed by atoms with Crippen molar-refractivity contribution in [3.05, 3.63) is 42.5 Å². The van der Waals surface area contributed by atoms with Gasteiger partial charge in [-0.25, -0.2) is 0 Å². The van der Waals surface area contributed by atoms with Crippen molar-refractivity contribution >= 4 is 11.1 Å². The van der Waals surface area contributed by atoms with Gasteiger partial charge in [-0.2, -0.15) is 0 Å². The molecule has 3 heteroatoms. The van der Waals surface area contributed by atoms with Gasteiger partial charge in [0.1, 0.15) is 0 Å². The summed E-state index contributed by atoms with van der Waals surface area (Å²) in [7, 11) is 0. The van der Waals surface area contributed by atoms with Crippen molar-refractivity contribution in [3.8, 4) is 11.1 Å². The minimum atomic E-state index is -2.14. The van der Waals surface area contributed by atoms with Gasteiger partial charge in [0.2, 0.25) is 0 Å². The Morgan fingerprint density at radius 3 is 2.54 bits per heavy atom. The molecule has 2 nitrogen and oxygen atoms in total. The zero-order valence-electron chi connectivity index (χ0n) is 6.77. The van der Waals surface area contributed by atoms with Gasteiger partial charge in [-0.05, 0) is 28.3 Å². The van der Waals surface area contributed by atoms with Gasteiger partial charge >= 0.3 is 0 Å². The van der Waals surface area contributed by atoms with Gasteiger partial charge < -0.3 is 4.55 Å². The second-order valence-corrected chi connectivity index (χ2v) is 3.62. The molecule has 2 rings (SSSR count). The van der Waals surface area contributed by atoms with E-state index in [4.69, 9.17) is 0 Å². The van der Waals surface area contributed by atoms with Crippen LogP contribution in [-0.4, -0.2) is 8.76 Å². The Morgan fingerprint density at radius 2 is 1.77 bits per heavy atom. The predicted molar refractivity (Wildman–Crippen MR) is 50.2 cm³/mol. The first-order chi connectivity index (χ1) is 6.29. The number of hydrogen-bond donors (Lipinski definition) is 0. The average Bonchev–Trinajstić information content (AvgIpc) is 2.36. The molecule has 1 atom stereocenters. The maximum Gasteiger partial charge on any atom is 0.0327 e. The number of fused-ring (bicyclic) bond motifs is 1. The van der Waals surface area contributed by atoms with Gasteiger partial charge in [-0.15, -0.1) is 0 Å². The highest BCUT2D eigenvalue weighted by Gasteiger charge is 2.06. The van der Waals surface area contributed by atoms with Crippen LogP contribution in [0.5, 0.6) is 0 Å². The van der Waals surface area contributed by atoms with Crippen LogP contribution in [0.2, 0.25) is 0 Å². The molecule has 0 radical (unpaired) electrons. The van der Waals surface area contributed by atoms with E-state index in [9.17, 15) is 8.76 Å². The summed E-state index contributed by atoms with van der Waals surface area (Å²) in [6.07, 6.45) is 0. The van der Waals surface area contributed by atoms with Crippen LogP contribution in [0.15, 0.2) is 47.4 Å². The standard InChI is InChI=1S/C10H8O2S/c11-13(12)10-7-6-8-4-2-1-3-5-9(8)10/h1-7H,(H,11,12)/p-1. The summed E-state index contributed by atoms with van der Waals surface area (Å²) in [5.74, 6) is 0. The van der Waals surface area contributed by atoms with Gasteiger partial charge in [-0.3, -0.25) is 4.21 Å². The lowest BCUT2D eigenvalue weighted by Crippen LogP contribution is -1.86. The molecule has 0 aromatic rings. The predicted octanol–water partition coefficient (Wildman–Crippen LogP) is 2.03. The van der Waals surface area contributed by atoms with Gasteiger partial charge in [0.15, 0.2) is 0 Å². The lowest BCUT2D eigenvalue weighted by molar-refractivity contribution is 0.537. The van der Waals surface area contributed by atoms with E-state index in [1.165, 1.54) is 0 Å². The minimum absolute atomic E-state index is 0.367. The third-order valence-electron chi connectivity index (χ3n) is 1.93. The first kappa shape index (κ1) is 8.41. The fourth-order valence-electron chi connectivity index (χ4n) is 1.33. The maximum atomic E-state index is 10.8. The molecule has 1 unspecified atom stereocenters. The first-order valence-electron chi connectivity index (χ1n) is 3.86. The SMILES string of the molecule is O=S([O-])c1ccc2cccccc1-2. The first-order valence-corrected chi connectivity index (χ1v) is 4.93. The molecular weight excluding hydrogens is 184 g/mol. The van der Waals surface area contributed by atoms with Crippen molar-refractivity contribution < 1.29 is 8.76 Å². The average molecular weight is 191 g/mol. The summed E-state index contributed by atoms with van der Waals surface area (Å²) in [4.78, 5) is 0.367. The van der Waals surface area contributed by atoms with Crippen LogP contribution in [0, 0.1) is 0 Å². The van der Waals surface area contributed by atoms with Gasteiger partial charge in [-0.1, -0.05) is 36.4 Å². The summed E-state index contributed by atoms with van der Waals surface area (Å²) in [6.45, 7) is 0. The summed E-state index contributed by atoms with van der Waals surface area (Å²) in [5.41, 5.74) is 1.72. The van der Waals surface area contributed by atoms with E-state index < -0.39 is 11.1 Å². The van der Waals surface area contributed by atoms with Gasteiger partial charge in [0.25, 0.3) is 0 Å². The number of rotatable bonds is 1. The van der Waals surface area contributed by atoms with Crippen LogP contribution in [-0.2, 0) is 11.1 Å². The molecule has 0 saturated heterocycles. The van der Waals surface area contributed by atoms with Crippen LogP contribution in [0.3, 0.4) is 0 Å². The summed E-state index contributed by atoms with van der Waals surface area (Å²) in [5, 5.41) is 0. The van der Waals surface area contributed by atoms with E-state index in [2.05, 4.69) is 0 Å². The van der Waals surface area contributed by atoms with E-state index in [-0.39, 0.29) is 0 Å². The molecule has 0 heterocycles. The third-order valence-corrected chi connectivity index (χ3v) is 2.65. The van der Waals surface area contributed by atoms with Crippen molar-refractivity contribution in [1.29, 1.82) is 0 Å². The maximum absolute atomic E-state index is 10.8. The Bertz CT molecular complexity index is 425. The topological polar surface area (TPSA) is 40.1 Å². The van der Waals surface area contributed by atoms with Crippen LogP contribution < -0.4 is 0 Å². The lowest BCUT2D eigenvalue weighted by Gasteiger charge is -2.03. The number of hydrogen-bond acceptors (Lipinski definition) is 2. The fraction of sp³-hybridized carbons (Fsp3) is 0. The second-order valence-electron chi connectivity index (χ2n) is 2.71. The summed E-state index contributed by atoms with van der Waals surface area (Å²) >= 11 is -2.14. The monoisotopic (exact) mass is 191 g/mol. The molecule has 66 valence electrons. The van der Waals surface area contributed by atoms with E-state index in [1.807, 2.05) is 24.3 Å². The highest BCUT2D eigenvalue weighted by Crippen LogP contribution is 2.28. The van der Waals surface area contributed by atoms with E-state index in [0.29, 0.717) is 4.90 Å². The smallest absolute Gasteiger partial charge is 0.0327 e. The molecule has 0 aromatic heterocycles. The normalized spacial score (nSPS) is 13.0. The van der Waals surface area contributed by atoms with Crippen molar-refractivity contribution in [2.45, 2.75) is 4.90 Å². The van der Waals surface area contributed by atoms with E-state index in [0.717, 1.165) is 11.1 Å². The fourth-order valence-corrected chi connectivity index (χ4v) is 1.88. The highest BCUT2D eigenvalue weighted by molar-refractivity contribution is 7.79. The van der Waals surface area contributed by atoms with Crippen molar-refractivity contribution in [3.63, 3.8) is 0 Å². The third kappa shape index (κ3) is 1.48. The van der Waals surface area contributed by atoms with Crippen LogP contribution in [0.25, 0.3) is 11.1 Å². The Morgan fingerprint density at radius 1 is 1.00 bits per heavy atom. The van der Waals surface area contributed by atoms with Crippen LogP contribution >= 0.6 is 0 Å². The Labute approximate surface area is 78.8 Å². The van der Waals surface area contributed by atoms with Crippen molar-refractivity contribution in [1.82, 2.24) is 0 Å². The van der Waals surface area contributed by atoms with Crippen LogP contribution in [0.4, 0.5) is 0 Å². The quantitative estimate of drug-likeness (QED) is 0.647. The lowest BCUT2D eigenvalue weighted by atomic mass is 10.2.